The fourth-order valence-electron chi connectivity index (χ4n) is 1.47. The van der Waals surface area contributed by atoms with Gasteiger partial charge in [-0.05, 0) is 57.0 Å². The zero-order valence-corrected chi connectivity index (χ0v) is 13.2. The zero-order chi connectivity index (χ0) is 13.8. The van der Waals surface area contributed by atoms with Gasteiger partial charge in [-0.3, -0.25) is 0 Å². The molecule has 0 bridgehead atoms. The Hall–Kier alpha value is -1.21. The Morgan fingerprint density at radius 1 is 1.21 bits per heavy atom. The molecule has 0 spiro atoms. The molecule has 0 amide bonds. The van der Waals surface area contributed by atoms with Crippen molar-refractivity contribution in [3.63, 3.8) is 0 Å². The van der Waals surface area contributed by atoms with Crippen molar-refractivity contribution in [3.05, 3.63) is 39.3 Å². The Morgan fingerprint density at radius 3 is 2.68 bits per heavy atom. The summed E-state index contributed by atoms with van der Waals surface area (Å²) in [5.74, 6) is 0.938. The van der Waals surface area contributed by atoms with Crippen molar-refractivity contribution in [2.45, 2.75) is 6.92 Å². The minimum absolute atomic E-state index is 0.317. The predicted molar refractivity (Wildman–Crippen MR) is 81.3 cm³/mol. The van der Waals surface area contributed by atoms with E-state index in [9.17, 15) is 4.39 Å². The maximum atomic E-state index is 13.2. The third-order valence-corrected chi connectivity index (χ3v) is 3.76. The van der Waals surface area contributed by atoms with Crippen molar-refractivity contribution in [2.75, 3.05) is 17.2 Å². The van der Waals surface area contributed by atoms with Crippen LogP contribution in [-0.2, 0) is 0 Å². The number of rotatable bonds is 4. The van der Waals surface area contributed by atoms with Crippen LogP contribution in [-0.4, -0.2) is 16.5 Å². The number of anilines is 3. The average molecular weight is 390 g/mol. The number of halogens is 3. The second-order valence-corrected chi connectivity index (χ2v) is 5.31. The molecule has 0 aliphatic rings. The number of nitrogens with zero attached hydrogens (tertiary/aromatic N) is 2. The van der Waals surface area contributed by atoms with Crippen molar-refractivity contribution in [2.24, 2.45) is 0 Å². The molecular formula is C12H11Br2FN4. The Labute approximate surface area is 127 Å². The van der Waals surface area contributed by atoms with Gasteiger partial charge in [0, 0.05) is 11.0 Å². The molecule has 0 saturated heterocycles. The lowest BCUT2D eigenvalue weighted by molar-refractivity contribution is 0.628. The van der Waals surface area contributed by atoms with Crippen LogP contribution in [0.5, 0.6) is 0 Å². The van der Waals surface area contributed by atoms with Gasteiger partial charge in [0.05, 0.1) is 5.69 Å². The normalized spacial score (nSPS) is 10.3. The van der Waals surface area contributed by atoms with E-state index in [0.717, 1.165) is 11.0 Å². The van der Waals surface area contributed by atoms with E-state index in [1.54, 1.807) is 6.07 Å². The van der Waals surface area contributed by atoms with E-state index in [4.69, 9.17) is 0 Å². The lowest BCUT2D eigenvalue weighted by Gasteiger charge is -2.12. The second kappa shape index (κ2) is 6.29. The average Bonchev–Trinajstić information content (AvgIpc) is 2.39. The predicted octanol–water partition coefficient (Wildman–Crippen LogP) is 4.32. The molecule has 100 valence electrons. The van der Waals surface area contributed by atoms with Gasteiger partial charge >= 0.3 is 0 Å². The summed E-state index contributed by atoms with van der Waals surface area (Å²) in [6.45, 7) is 2.73. The lowest BCUT2D eigenvalue weighted by Crippen LogP contribution is -2.04. The smallest absolute Gasteiger partial charge is 0.150 e. The van der Waals surface area contributed by atoms with Crippen molar-refractivity contribution in [3.8, 4) is 0 Å². The van der Waals surface area contributed by atoms with Gasteiger partial charge < -0.3 is 10.6 Å². The molecule has 1 aromatic carbocycles. The van der Waals surface area contributed by atoms with Crippen molar-refractivity contribution >= 4 is 49.2 Å². The van der Waals surface area contributed by atoms with E-state index >= 15 is 0 Å². The molecule has 2 aromatic rings. The fourth-order valence-corrected chi connectivity index (χ4v) is 2.26. The molecule has 0 aliphatic heterocycles. The van der Waals surface area contributed by atoms with E-state index in [1.807, 2.05) is 6.92 Å². The Balaban J connectivity index is 2.33. The second-order valence-electron chi connectivity index (χ2n) is 3.66. The van der Waals surface area contributed by atoms with Crippen LogP contribution in [0.3, 0.4) is 0 Å². The summed E-state index contributed by atoms with van der Waals surface area (Å²) in [7, 11) is 0. The van der Waals surface area contributed by atoms with Crippen LogP contribution in [0.15, 0.2) is 33.5 Å². The summed E-state index contributed by atoms with van der Waals surface area (Å²) in [5.41, 5.74) is 0.599. The van der Waals surface area contributed by atoms with Gasteiger partial charge in [0.25, 0.3) is 0 Å². The van der Waals surface area contributed by atoms with Crippen LogP contribution < -0.4 is 10.6 Å². The molecule has 1 aromatic heterocycles. The quantitative estimate of drug-likeness (QED) is 0.817. The summed E-state index contributed by atoms with van der Waals surface area (Å²) in [5, 5.41) is 6.16. The minimum atomic E-state index is -0.317. The number of benzene rings is 1. The Bertz CT molecular complexity index is 592. The van der Waals surface area contributed by atoms with E-state index in [-0.39, 0.29) is 5.82 Å². The Morgan fingerprint density at radius 2 is 1.95 bits per heavy atom. The molecule has 0 aliphatic carbocycles. The molecule has 0 saturated carbocycles. The van der Waals surface area contributed by atoms with Gasteiger partial charge in [0.1, 0.15) is 28.3 Å². The molecule has 2 N–H and O–H groups in total. The van der Waals surface area contributed by atoms with Gasteiger partial charge in [-0.25, -0.2) is 14.4 Å². The van der Waals surface area contributed by atoms with E-state index in [1.165, 1.54) is 18.5 Å². The van der Waals surface area contributed by atoms with Crippen LogP contribution in [0.1, 0.15) is 6.92 Å². The SMILES string of the molecule is CCNc1ncnc(Nc2cc(F)ccc2Br)c1Br. The molecule has 0 radical (unpaired) electrons. The molecule has 7 heteroatoms. The van der Waals surface area contributed by atoms with Gasteiger partial charge in [-0.15, -0.1) is 0 Å². The molecule has 1 heterocycles. The number of hydrogen-bond acceptors (Lipinski definition) is 4. The number of hydrogen-bond donors (Lipinski definition) is 2. The summed E-state index contributed by atoms with van der Waals surface area (Å²) in [6.07, 6.45) is 1.44. The highest BCUT2D eigenvalue weighted by Gasteiger charge is 2.10. The highest BCUT2D eigenvalue weighted by molar-refractivity contribution is 9.11. The number of aromatic nitrogens is 2. The molecule has 19 heavy (non-hydrogen) atoms. The summed E-state index contributed by atoms with van der Waals surface area (Å²) in [4.78, 5) is 8.25. The lowest BCUT2D eigenvalue weighted by atomic mass is 10.3. The van der Waals surface area contributed by atoms with Crippen molar-refractivity contribution < 1.29 is 4.39 Å². The fraction of sp³-hybridized carbons (Fsp3) is 0.167. The maximum Gasteiger partial charge on any atom is 0.150 e. The molecule has 4 nitrogen and oxygen atoms in total. The molecule has 0 atom stereocenters. The van der Waals surface area contributed by atoms with Gasteiger partial charge in [0.15, 0.2) is 0 Å². The first kappa shape index (κ1) is 14.2. The first-order valence-corrected chi connectivity index (χ1v) is 7.17. The third-order valence-electron chi connectivity index (χ3n) is 2.32. The summed E-state index contributed by atoms with van der Waals surface area (Å²) < 4.78 is 14.7. The first-order chi connectivity index (χ1) is 9.11. The minimum Gasteiger partial charge on any atom is -0.369 e. The third kappa shape index (κ3) is 3.42. The van der Waals surface area contributed by atoms with Crippen LogP contribution in [0, 0.1) is 5.82 Å². The highest BCUT2D eigenvalue weighted by atomic mass is 79.9. The topological polar surface area (TPSA) is 49.8 Å². The standard InChI is InChI=1S/C12H11Br2FN4/c1-2-16-11-10(14)12(18-6-17-11)19-9-5-7(15)3-4-8(9)13/h3-6H,2H2,1H3,(H2,16,17,18,19). The van der Waals surface area contributed by atoms with Crippen LogP contribution in [0.25, 0.3) is 0 Å². The van der Waals surface area contributed by atoms with E-state index in [0.29, 0.717) is 21.8 Å². The molecular weight excluding hydrogens is 379 g/mol. The van der Waals surface area contributed by atoms with Crippen LogP contribution in [0.4, 0.5) is 21.7 Å². The molecule has 0 fully saturated rings. The summed E-state index contributed by atoms with van der Waals surface area (Å²) in [6, 6.07) is 4.41. The number of nitrogens with one attached hydrogen (secondary N) is 2. The van der Waals surface area contributed by atoms with E-state index in [2.05, 4.69) is 52.5 Å². The zero-order valence-electron chi connectivity index (χ0n) is 10.0. The maximum absolute atomic E-state index is 13.2. The van der Waals surface area contributed by atoms with Crippen LogP contribution >= 0.6 is 31.9 Å². The monoisotopic (exact) mass is 388 g/mol. The van der Waals surface area contributed by atoms with Crippen molar-refractivity contribution in [1.82, 2.24) is 9.97 Å². The van der Waals surface area contributed by atoms with Crippen molar-refractivity contribution in [1.29, 1.82) is 0 Å². The van der Waals surface area contributed by atoms with E-state index < -0.39 is 0 Å². The Kier molecular flexibility index (Phi) is 4.71. The molecule has 0 unspecified atom stereocenters. The summed E-state index contributed by atoms with van der Waals surface area (Å²) >= 11 is 6.78. The van der Waals surface area contributed by atoms with Gasteiger partial charge in [-0.2, -0.15) is 0 Å². The largest absolute Gasteiger partial charge is 0.369 e. The van der Waals surface area contributed by atoms with Crippen LogP contribution in [0.2, 0.25) is 0 Å². The first-order valence-electron chi connectivity index (χ1n) is 5.58. The molecule has 2 rings (SSSR count). The van der Waals surface area contributed by atoms with Gasteiger partial charge in [-0.1, -0.05) is 0 Å². The highest BCUT2D eigenvalue weighted by Crippen LogP contribution is 2.31. The van der Waals surface area contributed by atoms with Gasteiger partial charge in [0.2, 0.25) is 0 Å².